The minimum Gasteiger partial charge on any atom is -0.356 e. The zero-order valence-electron chi connectivity index (χ0n) is 13.6. The van der Waals surface area contributed by atoms with E-state index in [9.17, 15) is 0 Å². The zero-order chi connectivity index (χ0) is 16.2. The van der Waals surface area contributed by atoms with Crippen LogP contribution in [0.5, 0.6) is 0 Å². The molecule has 2 aromatic carbocycles. The summed E-state index contributed by atoms with van der Waals surface area (Å²) >= 11 is 0. The summed E-state index contributed by atoms with van der Waals surface area (Å²) in [6.45, 7) is 3.54. The van der Waals surface area contributed by atoms with Gasteiger partial charge in [0.1, 0.15) is 0 Å². The molecule has 1 aromatic heterocycles. The van der Waals surface area contributed by atoms with E-state index in [1.807, 2.05) is 18.5 Å². The number of aromatic nitrogens is 2. The smallest absolute Gasteiger partial charge is 0.191 e. The van der Waals surface area contributed by atoms with Crippen molar-refractivity contribution in [2.24, 2.45) is 4.99 Å². The molecule has 0 fully saturated rings. The van der Waals surface area contributed by atoms with Crippen LogP contribution in [0.1, 0.15) is 17.5 Å². The summed E-state index contributed by atoms with van der Waals surface area (Å²) in [5.41, 5.74) is 4.74. The molecule has 0 atom stereocenters. The van der Waals surface area contributed by atoms with E-state index in [2.05, 4.69) is 61.6 Å². The first kappa shape index (κ1) is 14.8. The quantitative estimate of drug-likeness (QED) is 0.777. The van der Waals surface area contributed by atoms with Gasteiger partial charge in [-0.2, -0.15) is 0 Å². The number of aliphatic imine (C=N–C) groups is 1. The molecule has 0 saturated heterocycles. The summed E-state index contributed by atoms with van der Waals surface area (Å²) in [5, 5.41) is 6.63. The van der Waals surface area contributed by atoms with Crippen LogP contribution >= 0.6 is 0 Å². The molecule has 122 valence electrons. The molecule has 24 heavy (non-hydrogen) atoms. The van der Waals surface area contributed by atoms with Crippen molar-refractivity contribution in [3.05, 3.63) is 66.0 Å². The van der Waals surface area contributed by atoms with E-state index in [1.54, 1.807) is 0 Å². The lowest BCUT2D eigenvalue weighted by Gasteiger charge is -2.16. The molecule has 0 bridgehead atoms. The van der Waals surface area contributed by atoms with Crippen LogP contribution in [0.15, 0.2) is 59.9 Å². The normalized spacial score (nSPS) is 14.2. The maximum absolute atomic E-state index is 4.45. The van der Waals surface area contributed by atoms with Gasteiger partial charge in [-0.05, 0) is 29.7 Å². The molecule has 1 aliphatic rings. The lowest BCUT2D eigenvalue weighted by molar-refractivity contribution is 0.702. The summed E-state index contributed by atoms with van der Waals surface area (Å²) in [5.74, 6) is 0.912. The van der Waals surface area contributed by atoms with Crippen molar-refractivity contribution >= 4 is 17.0 Å². The first-order valence-corrected chi connectivity index (χ1v) is 8.38. The predicted molar refractivity (Wildman–Crippen MR) is 97.0 cm³/mol. The maximum atomic E-state index is 4.45. The van der Waals surface area contributed by atoms with Gasteiger partial charge in [0.15, 0.2) is 5.96 Å². The molecule has 0 unspecified atom stereocenters. The van der Waals surface area contributed by atoms with E-state index in [0.29, 0.717) is 0 Å². The Labute approximate surface area is 141 Å². The Morgan fingerprint density at radius 3 is 2.71 bits per heavy atom. The summed E-state index contributed by atoms with van der Waals surface area (Å²) in [7, 11) is 0. The Morgan fingerprint density at radius 1 is 1.04 bits per heavy atom. The molecule has 0 amide bonds. The standard InChI is InChI=1S/C19H21N5/c1-2-5-18-17(4-1)23-14-24(18)13-16-8-6-15(7-9-16)12-22-19-20-10-3-11-21-19/h1-2,4-9,14H,3,10-13H2,(H2,20,21,22). The first-order valence-electron chi connectivity index (χ1n) is 8.38. The molecule has 1 aliphatic heterocycles. The number of imidazole rings is 1. The molecule has 3 aromatic rings. The number of benzene rings is 2. The van der Waals surface area contributed by atoms with Crippen molar-refractivity contribution in [1.82, 2.24) is 20.2 Å². The number of hydrogen-bond acceptors (Lipinski definition) is 4. The Bertz CT molecular complexity index is 848. The van der Waals surface area contributed by atoms with Crippen LogP contribution in [0.3, 0.4) is 0 Å². The third-order valence-corrected chi connectivity index (χ3v) is 4.26. The Morgan fingerprint density at radius 2 is 1.88 bits per heavy atom. The fourth-order valence-corrected chi connectivity index (χ4v) is 2.93. The van der Waals surface area contributed by atoms with Crippen LogP contribution in [0, 0.1) is 0 Å². The number of nitrogens with zero attached hydrogens (tertiary/aromatic N) is 3. The number of para-hydroxylation sites is 2. The highest BCUT2D eigenvalue weighted by molar-refractivity contribution is 5.80. The zero-order valence-corrected chi connectivity index (χ0v) is 13.6. The molecule has 0 saturated carbocycles. The summed E-state index contributed by atoms with van der Waals surface area (Å²) in [6.07, 6.45) is 3.02. The van der Waals surface area contributed by atoms with E-state index in [4.69, 9.17) is 0 Å². The van der Waals surface area contributed by atoms with Crippen molar-refractivity contribution < 1.29 is 0 Å². The van der Waals surface area contributed by atoms with Gasteiger partial charge < -0.3 is 15.2 Å². The van der Waals surface area contributed by atoms with Gasteiger partial charge in [-0.25, -0.2) is 4.98 Å². The van der Waals surface area contributed by atoms with Crippen LogP contribution in [0.4, 0.5) is 0 Å². The fraction of sp³-hybridized carbons (Fsp3) is 0.263. The molecule has 4 rings (SSSR count). The third kappa shape index (κ3) is 3.25. The van der Waals surface area contributed by atoms with Gasteiger partial charge in [0.05, 0.1) is 17.4 Å². The average molecular weight is 319 g/mol. The lowest BCUT2D eigenvalue weighted by atomic mass is 10.1. The van der Waals surface area contributed by atoms with Crippen LogP contribution in [-0.2, 0) is 13.1 Å². The topological polar surface area (TPSA) is 54.2 Å². The van der Waals surface area contributed by atoms with Crippen LogP contribution in [0.2, 0.25) is 0 Å². The second kappa shape index (κ2) is 6.74. The van der Waals surface area contributed by atoms with Crippen LogP contribution in [0.25, 0.3) is 11.0 Å². The fourth-order valence-electron chi connectivity index (χ4n) is 2.93. The number of rotatable bonds is 4. The van der Waals surface area contributed by atoms with Gasteiger partial charge in [0.25, 0.3) is 0 Å². The van der Waals surface area contributed by atoms with Crippen molar-refractivity contribution in [2.45, 2.75) is 19.5 Å². The number of hydrogen-bond donors (Lipinski definition) is 2. The highest BCUT2D eigenvalue weighted by atomic mass is 15.2. The highest BCUT2D eigenvalue weighted by Gasteiger charge is 2.04. The number of nitrogens with one attached hydrogen (secondary N) is 2. The number of fused-ring (bicyclic) bond motifs is 1. The van der Waals surface area contributed by atoms with E-state index in [1.165, 1.54) is 16.6 Å². The predicted octanol–water partition coefficient (Wildman–Crippen LogP) is 2.52. The Hall–Kier alpha value is -2.82. The van der Waals surface area contributed by atoms with Gasteiger partial charge >= 0.3 is 0 Å². The summed E-state index contributed by atoms with van der Waals surface area (Å²) in [6, 6.07) is 16.9. The van der Waals surface area contributed by atoms with E-state index in [0.717, 1.165) is 44.1 Å². The minimum absolute atomic E-state index is 0.792. The average Bonchev–Trinajstić information content (AvgIpc) is 3.05. The summed E-state index contributed by atoms with van der Waals surface area (Å²) < 4.78 is 2.18. The molecule has 0 radical (unpaired) electrons. The van der Waals surface area contributed by atoms with Gasteiger partial charge in [-0.1, -0.05) is 36.4 Å². The molecular weight excluding hydrogens is 298 g/mol. The molecular formula is C19H21N5. The van der Waals surface area contributed by atoms with Crippen molar-refractivity contribution in [3.8, 4) is 0 Å². The van der Waals surface area contributed by atoms with E-state index < -0.39 is 0 Å². The van der Waals surface area contributed by atoms with Crippen LogP contribution in [-0.4, -0.2) is 28.6 Å². The Balaban J connectivity index is 1.41. The van der Waals surface area contributed by atoms with E-state index >= 15 is 0 Å². The third-order valence-electron chi connectivity index (χ3n) is 4.26. The van der Waals surface area contributed by atoms with Gasteiger partial charge in [-0.3, -0.25) is 4.99 Å². The van der Waals surface area contributed by atoms with Crippen molar-refractivity contribution in [2.75, 3.05) is 13.1 Å². The number of guanidine groups is 1. The molecule has 0 aliphatic carbocycles. The summed E-state index contributed by atoms with van der Waals surface area (Å²) in [4.78, 5) is 8.87. The highest BCUT2D eigenvalue weighted by Crippen LogP contribution is 2.14. The van der Waals surface area contributed by atoms with Gasteiger partial charge in [-0.15, -0.1) is 0 Å². The second-order valence-electron chi connectivity index (χ2n) is 6.04. The molecule has 5 heteroatoms. The Kier molecular flexibility index (Phi) is 4.14. The lowest BCUT2D eigenvalue weighted by Crippen LogP contribution is -2.40. The SMILES string of the molecule is c1ccc2c(c1)ncn2Cc1ccc(CNC2=NCCCN2)cc1. The largest absolute Gasteiger partial charge is 0.356 e. The first-order chi connectivity index (χ1) is 11.9. The molecule has 2 N–H and O–H groups in total. The molecule has 2 heterocycles. The van der Waals surface area contributed by atoms with Gasteiger partial charge in [0, 0.05) is 26.2 Å². The van der Waals surface area contributed by atoms with Gasteiger partial charge in [0.2, 0.25) is 0 Å². The molecule has 0 spiro atoms. The molecule has 5 nitrogen and oxygen atoms in total. The van der Waals surface area contributed by atoms with E-state index in [-0.39, 0.29) is 0 Å². The maximum Gasteiger partial charge on any atom is 0.191 e. The van der Waals surface area contributed by atoms with Crippen molar-refractivity contribution in [3.63, 3.8) is 0 Å². The monoisotopic (exact) mass is 319 g/mol. The second-order valence-corrected chi connectivity index (χ2v) is 6.04. The van der Waals surface area contributed by atoms with Crippen LogP contribution < -0.4 is 10.6 Å². The minimum atomic E-state index is 0.792. The van der Waals surface area contributed by atoms with Crippen molar-refractivity contribution in [1.29, 1.82) is 0 Å².